The van der Waals surface area contributed by atoms with E-state index < -0.39 is 0 Å². The fourth-order valence-electron chi connectivity index (χ4n) is 1.72. The van der Waals surface area contributed by atoms with Gasteiger partial charge in [0.1, 0.15) is 5.75 Å². The SMILES string of the molecule is CCCNc1nc2c(C)cc(OCC)cc2s1. The van der Waals surface area contributed by atoms with Crippen LogP contribution in [0.1, 0.15) is 25.8 Å². The molecule has 0 aliphatic rings. The summed E-state index contributed by atoms with van der Waals surface area (Å²) in [6, 6.07) is 4.12. The van der Waals surface area contributed by atoms with Crippen molar-refractivity contribution in [1.29, 1.82) is 0 Å². The van der Waals surface area contributed by atoms with Gasteiger partial charge in [-0.05, 0) is 38.0 Å². The maximum absolute atomic E-state index is 5.54. The molecule has 0 spiro atoms. The lowest BCUT2D eigenvalue weighted by atomic mass is 10.2. The number of aryl methyl sites for hydroxylation is 1. The van der Waals surface area contributed by atoms with E-state index in [4.69, 9.17) is 4.74 Å². The summed E-state index contributed by atoms with van der Waals surface area (Å²) >= 11 is 1.69. The quantitative estimate of drug-likeness (QED) is 0.875. The van der Waals surface area contributed by atoms with Crippen molar-refractivity contribution in [3.8, 4) is 5.75 Å². The molecule has 0 saturated carbocycles. The Morgan fingerprint density at radius 1 is 1.35 bits per heavy atom. The molecule has 17 heavy (non-hydrogen) atoms. The van der Waals surface area contributed by atoms with Crippen LogP contribution in [0.5, 0.6) is 5.75 Å². The highest BCUT2D eigenvalue weighted by Crippen LogP contribution is 2.31. The summed E-state index contributed by atoms with van der Waals surface area (Å²) < 4.78 is 6.73. The number of fused-ring (bicyclic) bond motifs is 1. The third-order valence-electron chi connectivity index (χ3n) is 2.50. The molecule has 2 rings (SSSR count). The molecule has 3 nitrogen and oxygen atoms in total. The molecule has 1 N–H and O–H groups in total. The smallest absolute Gasteiger partial charge is 0.183 e. The second-order valence-electron chi connectivity index (χ2n) is 3.97. The Balaban J connectivity index is 2.35. The van der Waals surface area contributed by atoms with Gasteiger partial charge in [0, 0.05) is 6.54 Å². The molecule has 0 bridgehead atoms. The first-order valence-electron chi connectivity index (χ1n) is 6.02. The van der Waals surface area contributed by atoms with Crippen LogP contribution in [-0.2, 0) is 0 Å². The van der Waals surface area contributed by atoms with E-state index in [9.17, 15) is 0 Å². The van der Waals surface area contributed by atoms with E-state index in [1.54, 1.807) is 11.3 Å². The van der Waals surface area contributed by atoms with Crippen LogP contribution in [0.4, 0.5) is 5.13 Å². The van der Waals surface area contributed by atoms with Crippen molar-refractivity contribution in [3.63, 3.8) is 0 Å². The largest absolute Gasteiger partial charge is 0.494 e. The van der Waals surface area contributed by atoms with Crippen LogP contribution in [0.15, 0.2) is 12.1 Å². The number of benzene rings is 1. The van der Waals surface area contributed by atoms with Gasteiger partial charge in [-0.3, -0.25) is 0 Å². The van der Waals surface area contributed by atoms with Crippen LogP contribution in [0.25, 0.3) is 10.2 Å². The minimum Gasteiger partial charge on any atom is -0.494 e. The molecule has 1 heterocycles. The van der Waals surface area contributed by atoms with E-state index in [1.807, 2.05) is 6.92 Å². The van der Waals surface area contributed by atoms with Crippen LogP contribution in [-0.4, -0.2) is 18.1 Å². The summed E-state index contributed by atoms with van der Waals surface area (Å²) in [7, 11) is 0. The zero-order valence-electron chi connectivity index (χ0n) is 10.5. The maximum atomic E-state index is 5.54. The molecule has 92 valence electrons. The van der Waals surface area contributed by atoms with Gasteiger partial charge < -0.3 is 10.1 Å². The van der Waals surface area contributed by atoms with E-state index in [0.29, 0.717) is 6.61 Å². The fraction of sp³-hybridized carbons (Fsp3) is 0.462. The molecule has 0 unspecified atom stereocenters. The van der Waals surface area contributed by atoms with Crippen molar-refractivity contribution in [2.45, 2.75) is 27.2 Å². The Kier molecular flexibility index (Phi) is 3.84. The standard InChI is InChI=1S/C13H18N2OS/c1-4-6-14-13-15-12-9(3)7-10(16-5-2)8-11(12)17-13/h7-8H,4-6H2,1-3H3,(H,14,15). The summed E-state index contributed by atoms with van der Waals surface area (Å²) in [4.78, 5) is 4.60. The Labute approximate surface area is 106 Å². The number of hydrogen-bond acceptors (Lipinski definition) is 4. The molecular formula is C13H18N2OS. The number of ether oxygens (including phenoxy) is 1. The summed E-state index contributed by atoms with van der Waals surface area (Å²) in [5, 5.41) is 4.33. The number of nitrogens with zero attached hydrogens (tertiary/aromatic N) is 1. The topological polar surface area (TPSA) is 34.2 Å². The Morgan fingerprint density at radius 2 is 2.18 bits per heavy atom. The van der Waals surface area contributed by atoms with Crippen molar-refractivity contribution in [2.75, 3.05) is 18.5 Å². The van der Waals surface area contributed by atoms with E-state index in [2.05, 4.69) is 36.3 Å². The van der Waals surface area contributed by atoms with Gasteiger partial charge in [0.2, 0.25) is 0 Å². The molecule has 0 saturated heterocycles. The number of thiazole rings is 1. The van der Waals surface area contributed by atoms with Crippen LogP contribution in [0.2, 0.25) is 0 Å². The first kappa shape index (κ1) is 12.2. The lowest BCUT2D eigenvalue weighted by Gasteiger charge is -2.03. The second kappa shape index (κ2) is 5.36. The van der Waals surface area contributed by atoms with Gasteiger partial charge in [-0.2, -0.15) is 0 Å². The third kappa shape index (κ3) is 2.69. The zero-order chi connectivity index (χ0) is 12.3. The minimum atomic E-state index is 0.699. The monoisotopic (exact) mass is 250 g/mol. The van der Waals surface area contributed by atoms with E-state index in [-0.39, 0.29) is 0 Å². The lowest BCUT2D eigenvalue weighted by molar-refractivity contribution is 0.340. The van der Waals surface area contributed by atoms with Gasteiger partial charge in [0.25, 0.3) is 0 Å². The summed E-state index contributed by atoms with van der Waals surface area (Å²) in [6.07, 6.45) is 1.11. The van der Waals surface area contributed by atoms with Gasteiger partial charge in [0.15, 0.2) is 5.13 Å². The molecule has 0 atom stereocenters. The molecule has 0 aliphatic heterocycles. The molecule has 0 radical (unpaired) electrons. The van der Waals surface area contributed by atoms with Gasteiger partial charge in [-0.15, -0.1) is 0 Å². The molecular weight excluding hydrogens is 232 g/mol. The molecule has 1 aromatic heterocycles. The van der Waals surface area contributed by atoms with Gasteiger partial charge >= 0.3 is 0 Å². The Bertz CT molecular complexity index is 507. The number of rotatable bonds is 5. The second-order valence-corrected chi connectivity index (χ2v) is 5.00. The average Bonchev–Trinajstić information content (AvgIpc) is 2.70. The summed E-state index contributed by atoms with van der Waals surface area (Å²) in [5.41, 5.74) is 2.25. The predicted molar refractivity (Wildman–Crippen MR) is 74.3 cm³/mol. The number of hydrogen-bond donors (Lipinski definition) is 1. The number of anilines is 1. The van der Waals surface area contributed by atoms with Crippen molar-refractivity contribution in [1.82, 2.24) is 4.98 Å². The molecule has 0 fully saturated rings. The summed E-state index contributed by atoms with van der Waals surface area (Å²) in [5.74, 6) is 0.934. The highest BCUT2D eigenvalue weighted by atomic mass is 32.1. The molecule has 0 aliphatic carbocycles. The number of aromatic nitrogens is 1. The van der Waals surface area contributed by atoms with Crippen molar-refractivity contribution >= 4 is 26.7 Å². The molecule has 1 aromatic carbocycles. The fourth-order valence-corrected chi connectivity index (χ4v) is 2.72. The summed E-state index contributed by atoms with van der Waals surface area (Å²) in [6.45, 7) is 7.90. The minimum absolute atomic E-state index is 0.699. The molecule has 4 heteroatoms. The van der Waals surface area contributed by atoms with Gasteiger partial charge in [-0.1, -0.05) is 18.3 Å². The van der Waals surface area contributed by atoms with Crippen LogP contribution < -0.4 is 10.1 Å². The van der Waals surface area contributed by atoms with Crippen molar-refractivity contribution < 1.29 is 4.74 Å². The predicted octanol–water partition coefficient (Wildman–Crippen LogP) is 3.83. The van der Waals surface area contributed by atoms with Crippen LogP contribution in [0.3, 0.4) is 0 Å². The van der Waals surface area contributed by atoms with Gasteiger partial charge in [-0.25, -0.2) is 4.98 Å². The molecule has 2 aromatic rings. The van der Waals surface area contributed by atoms with Gasteiger partial charge in [0.05, 0.1) is 16.8 Å². The first-order chi connectivity index (χ1) is 8.24. The zero-order valence-corrected chi connectivity index (χ0v) is 11.4. The third-order valence-corrected chi connectivity index (χ3v) is 3.46. The Morgan fingerprint density at radius 3 is 2.88 bits per heavy atom. The highest BCUT2D eigenvalue weighted by Gasteiger charge is 2.08. The maximum Gasteiger partial charge on any atom is 0.183 e. The normalized spacial score (nSPS) is 10.8. The van der Waals surface area contributed by atoms with E-state index in [0.717, 1.165) is 29.4 Å². The first-order valence-corrected chi connectivity index (χ1v) is 6.84. The number of nitrogens with one attached hydrogen (secondary N) is 1. The van der Waals surface area contributed by atoms with E-state index >= 15 is 0 Å². The van der Waals surface area contributed by atoms with Crippen LogP contribution >= 0.6 is 11.3 Å². The Hall–Kier alpha value is -1.29. The van der Waals surface area contributed by atoms with Crippen molar-refractivity contribution in [3.05, 3.63) is 17.7 Å². The van der Waals surface area contributed by atoms with Crippen LogP contribution in [0, 0.1) is 6.92 Å². The lowest BCUT2D eigenvalue weighted by Crippen LogP contribution is -1.98. The average molecular weight is 250 g/mol. The van der Waals surface area contributed by atoms with Crippen molar-refractivity contribution in [2.24, 2.45) is 0 Å². The van der Waals surface area contributed by atoms with E-state index in [1.165, 1.54) is 10.3 Å². The molecule has 0 amide bonds. The highest BCUT2D eigenvalue weighted by molar-refractivity contribution is 7.22.